The van der Waals surface area contributed by atoms with Gasteiger partial charge in [-0.1, -0.05) is 59.8 Å². The Kier molecular flexibility index (Phi) is 7.14. The third-order valence-electron chi connectivity index (χ3n) is 4.76. The van der Waals surface area contributed by atoms with Crippen LogP contribution in [-0.2, 0) is 11.3 Å². The van der Waals surface area contributed by atoms with Crippen molar-refractivity contribution in [2.45, 2.75) is 23.9 Å². The van der Waals surface area contributed by atoms with Crippen LogP contribution in [0.4, 0.5) is 0 Å². The first-order valence-electron chi connectivity index (χ1n) is 9.89. The normalized spacial score (nSPS) is 11.8. The van der Waals surface area contributed by atoms with Crippen molar-refractivity contribution >= 4 is 40.6 Å². The molecule has 0 fully saturated rings. The van der Waals surface area contributed by atoms with E-state index >= 15 is 0 Å². The molecule has 1 atom stereocenters. The van der Waals surface area contributed by atoms with Crippen molar-refractivity contribution in [1.82, 2.24) is 20.1 Å². The molecule has 0 saturated carbocycles. The lowest BCUT2D eigenvalue weighted by Crippen LogP contribution is -2.30. The number of nitrogens with zero attached hydrogens (tertiary/aromatic N) is 3. The minimum atomic E-state index is -0.397. The highest BCUT2D eigenvalue weighted by Gasteiger charge is 2.23. The van der Waals surface area contributed by atoms with Gasteiger partial charge in [0.25, 0.3) is 0 Å². The molecule has 32 heavy (non-hydrogen) atoms. The Morgan fingerprint density at radius 2 is 1.94 bits per heavy atom. The molecule has 164 valence electrons. The van der Waals surface area contributed by atoms with Crippen LogP contribution in [0.15, 0.2) is 71.2 Å². The summed E-state index contributed by atoms with van der Waals surface area (Å²) in [7, 11) is 1.63. The second-order valence-corrected chi connectivity index (χ2v) is 9.52. The monoisotopic (exact) mass is 484 g/mol. The van der Waals surface area contributed by atoms with Crippen molar-refractivity contribution in [3.63, 3.8) is 0 Å². The zero-order valence-corrected chi connectivity index (χ0v) is 19.9. The summed E-state index contributed by atoms with van der Waals surface area (Å²) in [5, 5.41) is 14.6. The van der Waals surface area contributed by atoms with Gasteiger partial charge in [0, 0.05) is 11.6 Å². The number of thiophene rings is 1. The molecule has 2 aromatic carbocycles. The summed E-state index contributed by atoms with van der Waals surface area (Å²) in [6.07, 6.45) is 0. The molecule has 9 heteroatoms. The number of para-hydroxylation sites is 2. The number of hydrogen-bond acceptors (Lipinski definition) is 6. The van der Waals surface area contributed by atoms with Gasteiger partial charge < -0.3 is 10.1 Å². The van der Waals surface area contributed by atoms with Crippen LogP contribution in [0.2, 0.25) is 5.02 Å². The molecule has 0 saturated heterocycles. The predicted octanol–water partition coefficient (Wildman–Crippen LogP) is 5.45. The smallest absolute Gasteiger partial charge is 0.233 e. The van der Waals surface area contributed by atoms with Crippen LogP contribution in [0.5, 0.6) is 5.75 Å². The lowest BCUT2D eigenvalue weighted by atomic mass is 10.2. The predicted molar refractivity (Wildman–Crippen MR) is 130 cm³/mol. The lowest BCUT2D eigenvalue weighted by molar-refractivity contribution is -0.120. The van der Waals surface area contributed by atoms with Crippen molar-refractivity contribution in [3.05, 3.63) is 76.6 Å². The molecule has 0 aliphatic rings. The van der Waals surface area contributed by atoms with Crippen molar-refractivity contribution in [1.29, 1.82) is 0 Å². The zero-order valence-electron chi connectivity index (χ0n) is 17.5. The van der Waals surface area contributed by atoms with Crippen LogP contribution in [0.25, 0.3) is 16.4 Å². The third-order valence-corrected chi connectivity index (χ3v) is 7.04. The minimum absolute atomic E-state index is 0.109. The van der Waals surface area contributed by atoms with E-state index in [9.17, 15) is 4.79 Å². The fourth-order valence-electron chi connectivity index (χ4n) is 3.12. The fourth-order valence-corrected chi connectivity index (χ4v) is 4.91. The maximum absolute atomic E-state index is 12.8. The number of methoxy groups -OCH3 is 1. The molecule has 4 aromatic rings. The average Bonchev–Trinajstić information content (AvgIpc) is 3.48. The molecule has 2 heterocycles. The van der Waals surface area contributed by atoms with Gasteiger partial charge in [0.1, 0.15) is 5.75 Å². The van der Waals surface area contributed by atoms with E-state index in [0.29, 0.717) is 28.3 Å². The van der Waals surface area contributed by atoms with Gasteiger partial charge in [0.05, 0.1) is 22.9 Å². The molecule has 0 bridgehead atoms. The first-order valence-corrected chi connectivity index (χ1v) is 12.0. The molecule has 1 amide bonds. The highest BCUT2D eigenvalue weighted by molar-refractivity contribution is 8.00. The molecule has 0 radical (unpaired) electrons. The SMILES string of the molecule is COc1ccccc1-n1c(SC(C)C(=O)NCc2ccccc2Cl)nnc1-c1cccs1. The number of hydrogen-bond donors (Lipinski definition) is 1. The number of carbonyl (C=O) groups excluding carboxylic acids is 1. The first kappa shape index (κ1) is 22.4. The van der Waals surface area contributed by atoms with Gasteiger partial charge in [-0.3, -0.25) is 9.36 Å². The highest BCUT2D eigenvalue weighted by atomic mass is 35.5. The van der Waals surface area contributed by atoms with Crippen LogP contribution in [0.3, 0.4) is 0 Å². The second kappa shape index (κ2) is 10.2. The van der Waals surface area contributed by atoms with E-state index in [-0.39, 0.29) is 5.91 Å². The van der Waals surface area contributed by atoms with Gasteiger partial charge in [0.15, 0.2) is 11.0 Å². The van der Waals surface area contributed by atoms with Crippen LogP contribution in [-0.4, -0.2) is 33.0 Å². The first-order chi connectivity index (χ1) is 15.6. The van der Waals surface area contributed by atoms with E-state index in [1.54, 1.807) is 18.4 Å². The van der Waals surface area contributed by atoms with Gasteiger partial charge in [-0.05, 0) is 42.1 Å². The molecule has 4 rings (SSSR count). The Balaban J connectivity index is 1.59. The van der Waals surface area contributed by atoms with Gasteiger partial charge in [-0.2, -0.15) is 0 Å². The number of thioether (sulfide) groups is 1. The van der Waals surface area contributed by atoms with Gasteiger partial charge in [-0.25, -0.2) is 0 Å². The third kappa shape index (κ3) is 4.82. The van der Waals surface area contributed by atoms with Crippen LogP contribution in [0, 0.1) is 0 Å². The Morgan fingerprint density at radius 1 is 1.16 bits per heavy atom. The van der Waals surface area contributed by atoms with E-state index in [4.69, 9.17) is 16.3 Å². The number of aromatic nitrogens is 3. The standard InChI is InChI=1S/C23H21ClN4O2S2/c1-15(22(29)25-14-16-8-3-4-9-17(16)24)32-23-27-26-21(20-12-7-13-31-20)28(23)18-10-5-6-11-19(18)30-2/h3-13,15H,14H2,1-2H3,(H,25,29). The summed E-state index contributed by atoms with van der Waals surface area (Å²) in [5.41, 5.74) is 1.69. The Morgan fingerprint density at radius 3 is 2.69 bits per heavy atom. The summed E-state index contributed by atoms with van der Waals surface area (Å²) in [4.78, 5) is 13.8. The molecule has 2 aromatic heterocycles. The molecule has 0 aliphatic heterocycles. The van der Waals surface area contributed by atoms with E-state index in [1.807, 2.05) is 77.5 Å². The van der Waals surface area contributed by atoms with Crippen molar-refractivity contribution in [2.24, 2.45) is 0 Å². The van der Waals surface area contributed by atoms with Crippen molar-refractivity contribution in [2.75, 3.05) is 7.11 Å². The second-order valence-electron chi connectivity index (χ2n) is 6.86. The largest absolute Gasteiger partial charge is 0.495 e. The number of amides is 1. The Hall–Kier alpha value is -2.81. The van der Waals surface area contributed by atoms with Gasteiger partial charge in [0.2, 0.25) is 5.91 Å². The van der Waals surface area contributed by atoms with Crippen LogP contribution in [0.1, 0.15) is 12.5 Å². The average molecular weight is 485 g/mol. The van der Waals surface area contributed by atoms with Gasteiger partial charge >= 0.3 is 0 Å². The molecular weight excluding hydrogens is 464 g/mol. The topological polar surface area (TPSA) is 69.0 Å². The quantitative estimate of drug-likeness (QED) is 0.336. The summed E-state index contributed by atoms with van der Waals surface area (Å²) in [6.45, 7) is 2.21. The number of nitrogens with one attached hydrogen (secondary N) is 1. The van der Waals surface area contributed by atoms with Crippen molar-refractivity contribution < 1.29 is 9.53 Å². The Bertz CT molecular complexity index is 1210. The van der Waals surface area contributed by atoms with Gasteiger partial charge in [-0.15, -0.1) is 21.5 Å². The molecule has 1 N–H and O–H groups in total. The summed E-state index contributed by atoms with van der Waals surface area (Å²) >= 11 is 9.12. The molecule has 0 aliphatic carbocycles. The highest BCUT2D eigenvalue weighted by Crippen LogP contribution is 2.35. The number of ether oxygens (including phenoxy) is 1. The number of halogens is 1. The molecular formula is C23H21ClN4O2S2. The summed E-state index contributed by atoms with van der Waals surface area (Å²) in [6, 6.07) is 19.1. The minimum Gasteiger partial charge on any atom is -0.495 e. The summed E-state index contributed by atoms with van der Waals surface area (Å²) < 4.78 is 7.51. The maximum Gasteiger partial charge on any atom is 0.233 e. The van der Waals surface area contributed by atoms with Crippen LogP contribution >= 0.6 is 34.7 Å². The molecule has 6 nitrogen and oxygen atoms in total. The van der Waals surface area contributed by atoms with Crippen molar-refractivity contribution in [3.8, 4) is 22.1 Å². The van der Waals surface area contributed by atoms with E-state index in [2.05, 4.69) is 15.5 Å². The number of benzene rings is 2. The zero-order chi connectivity index (χ0) is 22.5. The molecule has 0 spiro atoms. The fraction of sp³-hybridized carbons (Fsp3) is 0.174. The van der Waals surface area contributed by atoms with E-state index < -0.39 is 5.25 Å². The maximum atomic E-state index is 12.8. The van der Waals surface area contributed by atoms with Crippen LogP contribution < -0.4 is 10.1 Å². The summed E-state index contributed by atoms with van der Waals surface area (Å²) in [5.74, 6) is 1.29. The lowest BCUT2D eigenvalue weighted by Gasteiger charge is -2.15. The Labute approximate surface area is 199 Å². The number of carbonyl (C=O) groups is 1. The van der Waals surface area contributed by atoms with E-state index in [1.165, 1.54) is 11.8 Å². The molecule has 1 unspecified atom stereocenters. The van der Waals surface area contributed by atoms with E-state index in [0.717, 1.165) is 16.1 Å². The number of rotatable bonds is 8.